The monoisotopic (exact) mass is 378 g/mol. The van der Waals surface area contributed by atoms with E-state index < -0.39 is 17.4 Å². The van der Waals surface area contributed by atoms with Gasteiger partial charge in [0, 0.05) is 9.13 Å². The van der Waals surface area contributed by atoms with E-state index in [4.69, 9.17) is 11.6 Å². The lowest BCUT2D eigenvalue weighted by Gasteiger charge is -2.04. The lowest BCUT2D eigenvalue weighted by Crippen LogP contribution is -2.06. The van der Waals surface area contributed by atoms with Gasteiger partial charge in [0.05, 0.1) is 10.6 Å². The van der Waals surface area contributed by atoms with Crippen molar-refractivity contribution in [1.82, 2.24) is 0 Å². The molecule has 0 aliphatic rings. The van der Waals surface area contributed by atoms with Gasteiger partial charge in [0.15, 0.2) is 17.4 Å². The molecule has 18 heavy (non-hydrogen) atoms. The summed E-state index contributed by atoms with van der Waals surface area (Å²) in [5, 5.41) is 0.401. The largest absolute Gasteiger partial charge is 0.288 e. The van der Waals surface area contributed by atoms with Gasteiger partial charge in [0.25, 0.3) is 0 Å². The van der Waals surface area contributed by atoms with Crippen LogP contribution in [0.4, 0.5) is 8.78 Å². The van der Waals surface area contributed by atoms with Crippen LogP contribution in [0.25, 0.3) is 0 Å². The molecule has 0 fully saturated rings. The Hall–Kier alpha value is -1.01. The highest BCUT2D eigenvalue weighted by atomic mass is 127. The van der Waals surface area contributed by atoms with Crippen molar-refractivity contribution in [2.24, 2.45) is 0 Å². The SMILES string of the molecule is O=C(c1ccc(I)c(Cl)c1)c1cccc(F)c1F. The van der Waals surface area contributed by atoms with Crippen LogP contribution in [-0.4, -0.2) is 5.78 Å². The molecule has 0 saturated heterocycles. The molecule has 0 atom stereocenters. The molecule has 0 N–H and O–H groups in total. The van der Waals surface area contributed by atoms with Crippen molar-refractivity contribution in [2.45, 2.75) is 0 Å². The van der Waals surface area contributed by atoms with Crippen LogP contribution in [0, 0.1) is 15.2 Å². The topological polar surface area (TPSA) is 17.1 Å². The molecule has 1 nitrogen and oxygen atoms in total. The summed E-state index contributed by atoms with van der Waals surface area (Å²) in [6.07, 6.45) is 0. The van der Waals surface area contributed by atoms with Crippen molar-refractivity contribution in [2.75, 3.05) is 0 Å². The van der Waals surface area contributed by atoms with Crippen LogP contribution in [0.3, 0.4) is 0 Å². The Bertz CT molecular complexity index is 628. The average Bonchev–Trinajstić information content (AvgIpc) is 2.35. The highest BCUT2D eigenvalue weighted by molar-refractivity contribution is 14.1. The lowest BCUT2D eigenvalue weighted by molar-refractivity contribution is 0.103. The van der Waals surface area contributed by atoms with E-state index >= 15 is 0 Å². The summed E-state index contributed by atoms with van der Waals surface area (Å²) in [6.45, 7) is 0. The first-order valence-electron chi connectivity index (χ1n) is 4.94. The summed E-state index contributed by atoms with van der Waals surface area (Å²) in [7, 11) is 0. The van der Waals surface area contributed by atoms with Crippen LogP contribution in [0.2, 0.25) is 5.02 Å². The third-order valence-corrected chi connectivity index (χ3v) is 3.95. The third-order valence-electron chi connectivity index (χ3n) is 2.38. The summed E-state index contributed by atoms with van der Waals surface area (Å²) >= 11 is 7.90. The number of carbonyl (C=O) groups is 1. The molecule has 2 aromatic carbocycles. The second-order valence-electron chi connectivity index (χ2n) is 3.56. The second kappa shape index (κ2) is 5.32. The van der Waals surface area contributed by atoms with Crippen LogP contribution in [0.15, 0.2) is 36.4 Å². The van der Waals surface area contributed by atoms with Crippen molar-refractivity contribution in [1.29, 1.82) is 0 Å². The Balaban J connectivity index is 2.48. The molecule has 0 radical (unpaired) electrons. The zero-order valence-electron chi connectivity index (χ0n) is 8.88. The molecule has 92 valence electrons. The molecular formula is C13H6ClF2IO. The molecule has 0 aliphatic carbocycles. The predicted molar refractivity (Wildman–Crippen MR) is 74.0 cm³/mol. The van der Waals surface area contributed by atoms with Gasteiger partial charge in [-0.1, -0.05) is 17.7 Å². The molecule has 5 heteroatoms. The normalized spacial score (nSPS) is 10.4. The molecule has 0 bridgehead atoms. The fourth-order valence-corrected chi connectivity index (χ4v) is 1.99. The van der Waals surface area contributed by atoms with Gasteiger partial charge in [-0.2, -0.15) is 0 Å². The maximum Gasteiger partial charge on any atom is 0.196 e. The van der Waals surface area contributed by atoms with Crippen molar-refractivity contribution < 1.29 is 13.6 Å². The Morgan fingerprint density at radius 2 is 1.89 bits per heavy atom. The van der Waals surface area contributed by atoms with Gasteiger partial charge < -0.3 is 0 Å². The van der Waals surface area contributed by atoms with E-state index in [0.717, 1.165) is 9.64 Å². The maximum absolute atomic E-state index is 13.5. The Labute approximate surface area is 121 Å². The number of ketones is 1. The third kappa shape index (κ3) is 2.54. The Morgan fingerprint density at radius 3 is 2.56 bits per heavy atom. The fourth-order valence-electron chi connectivity index (χ4n) is 1.47. The van der Waals surface area contributed by atoms with Gasteiger partial charge in [-0.05, 0) is 52.9 Å². The molecule has 2 aromatic rings. The second-order valence-corrected chi connectivity index (χ2v) is 5.13. The zero-order valence-corrected chi connectivity index (χ0v) is 11.8. The number of hydrogen-bond donors (Lipinski definition) is 0. The number of rotatable bonds is 2. The minimum absolute atomic E-state index is 0.227. The van der Waals surface area contributed by atoms with Gasteiger partial charge in [-0.15, -0.1) is 0 Å². The molecule has 0 aromatic heterocycles. The van der Waals surface area contributed by atoms with E-state index in [2.05, 4.69) is 0 Å². The molecule has 0 saturated carbocycles. The van der Waals surface area contributed by atoms with Crippen molar-refractivity contribution >= 4 is 40.0 Å². The van der Waals surface area contributed by atoms with E-state index in [-0.39, 0.29) is 11.1 Å². The van der Waals surface area contributed by atoms with E-state index in [1.165, 1.54) is 24.3 Å². The molecule has 0 unspecified atom stereocenters. The van der Waals surface area contributed by atoms with Crippen LogP contribution >= 0.6 is 34.2 Å². The maximum atomic E-state index is 13.5. The first-order chi connectivity index (χ1) is 8.50. The molecule has 0 amide bonds. The van der Waals surface area contributed by atoms with Gasteiger partial charge in [0.2, 0.25) is 0 Å². The van der Waals surface area contributed by atoms with E-state index in [1.54, 1.807) is 6.07 Å². The number of halogens is 4. The highest BCUT2D eigenvalue weighted by Crippen LogP contribution is 2.22. The van der Waals surface area contributed by atoms with Crippen molar-refractivity contribution in [3.8, 4) is 0 Å². The van der Waals surface area contributed by atoms with Crippen molar-refractivity contribution in [3.05, 3.63) is 67.8 Å². The molecule has 2 rings (SSSR count). The van der Waals surface area contributed by atoms with Gasteiger partial charge in [0.1, 0.15) is 0 Å². The Kier molecular flexibility index (Phi) is 3.97. The number of carbonyl (C=O) groups excluding carboxylic acids is 1. The van der Waals surface area contributed by atoms with Gasteiger partial charge in [-0.3, -0.25) is 4.79 Å². The number of hydrogen-bond acceptors (Lipinski definition) is 1. The van der Waals surface area contributed by atoms with Crippen LogP contribution < -0.4 is 0 Å². The first-order valence-corrected chi connectivity index (χ1v) is 6.40. The fraction of sp³-hybridized carbons (Fsp3) is 0. The molecule has 0 spiro atoms. The Morgan fingerprint density at radius 1 is 1.17 bits per heavy atom. The molecule has 0 heterocycles. The predicted octanol–water partition coefficient (Wildman–Crippen LogP) is 4.45. The number of benzene rings is 2. The van der Waals surface area contributed by atoms with Crippen LogP contribution in [-0.2, 0) is 0 Å². The van der Waals surface area contributed by atoms with Crippen LogP contribution in [0.5, 0.6) is 0 Å². The lowest BCUT2D eigenvalue weighted by atomic mass is 10.0. The summed E-state index contributed by atoms with van der Waals surface area (Å²) in [5.41, 5.74) is -0.0720. The summed E-state index contributed by atoms with van der Waals surface area (Å²) in [4.78, 5) is 12.0. The van der Waals surface area contributed by atoms with E-state index in [0.29, 0.717) is 5.02 Å². The molecule has 0 aliphatic heterocycles. The average molecular weight is 379 g/mol. The standard InChI is InChI=1S/C13H6ClF2IO/c14-9-6-7(4-5-11(9)17)13(18)8-2-1-3-10(15)12(8)16/h1-6H. The summed E-state index contributed by atoms with van der Waals surface area (Å²) < 4.78 is 27.3. The highest BCUT2D eigenvalue weighted by Gasteiger charge is 2.17. The van der Waals surface area contributed by atoms with Gasteiger partial charge in [-0.25, -0.2) is 8.78 Å². The first kappa shape index (κ1) is 13.4. The molecular weight excluding hydrogens is 372 g/mol. The van der Waals surface area contributed by atoms with Crippen molar-refractivity contribution in [3.63, 3.8) is 0 Å². The summed E-state index contributed by atoms with van der Waals surface area (Å²) in [6, 6.07) is 8.11. The van der Waals surface area contributed by atoms with E-state index in [9.17, 15) is 13.6 Å². The van der Waals surface area contributed by atoms with Crippen LogP contribution in [0.1, 0.15) is 15.9 Å². The zero-order chi connectivity index (χ0) is 13.3. The van der Waals surface area contributed by atoms with Gasteiger partial charge >= 0.3 is 0 Å². The quantitative estimate of drug-likeness (QED) is 0.557. The smallest absolute Gasteiger partial charge is 0.196 e. The minimum atomic E-state index is -1.14. The minimum Gasteiger partial charge on any atom is -0.288 e. The summed E-state index contributed by atoms with van der Waals surface area (Å²) in [5.74, 6) is -2.78. The van der Waals surface area contributed by atoms with E-state index in [1.807, 2.05) is 22.6 Å².